The maximum Gasteiger partial charge on any atom is 0.417 e. The topological polar surface area (TPSA) is 80.5 Å². The van der Waals surface area contributed by atoms with Gasteiger partial charge in [0.2, 0.25) is 0 Å². The van der Waals surface area contributed by atoms with E-state index in [0.29, 0.717) is 10.4 Å². The predicted octanol–water partition coefficient (Wildman–Crippen LogP) is 2.63. The zero-order valence-electron chi connectivity index (χ0n) is 12.4. The predicted molar refractivity (Wildman–Crippen MR) is 82.0 cm³/mol. The summed E-state index contributed by atoms with van der Waals surface area (Å²) in [6.45, 7) is 0. The van der Waals surface area contributed by atoms with Gasteiger partial charge in [-0.3, -0.25) is 9.10 Å². The molecule has 2 aromatic rings. The van der Waals surface area contributed by atoms with Crippen LogP contribution in [0, 0.1) is 0 Å². The average Bonchev–Trinajstić information content (AvgIpc) is 2.53. The SMILES string of the molecule is CN(c1ccccc1C(N)=O)S(=O)(=O)c1ccccc1C(F)(F)F. The summed E-state index contributed by atoms with van der Waals surface area (Å²) in [6.07, 6.45) is -4.84. The number of carbonyl (C=O) groups is 1. The van der Waals surface area contributed by atoms with Gasteiger partial charge in [0.15, 0.2) is 0 Å². The van der Waals surface area contributed by atoms with Gasteiger partial charge in [-0.25, -0.2) is 8.42 Å². The van der Waals surface area contributed by atoms with E-state index >= 15 is 0 Å². The van der Waals surface area contributed by atoms with Gasteiger partial charge in [-0.1, -0.05) is 24.3 Å². The van der Waals surface area contributed by atoms with Gasteiger partial charge in [-0.2, -0.15) is 13.2 Å². The average molecular weight is 358 g/mol. The molecule has 0 aliphatic carbocycles. The molecule has 0 radical (unpaired) electrons. The van der Waals surface area contributed by atoms with Gasteiger partial charge in [-0.05, 0) is 24.3 Å². The van der Waals surface area contributed by atoms with Crippen molar-refractivity contribution in [1.29, 1.82) is 0 Å². The Labute approximate surface area is 136 Å². The van der Waals surface area contributed by atoms with Crippen LogP contribution in [0.1, 0.15) is 15.9 Å². The third-order valence-electron chi connectivity index (χ3n) is 3.34. The van der Waals surface area contributed by atoms with Crippen LogP contribution in [0.15, 0.2) is 53.4 Å². The third kappa shape index (κ3) is 3.21. The van der Waals surface area contributed by atoms with Gasteiger partial charge in [0.1, 0.15) is 0 Å². The zero-order chi connectivity index (χ0) is 18.1. The number of nitrogens with two attached hydrogens (primary N) is 1. The molecule has 2 aromatic carbocycles. The van der Waals surface area contributed by atoms with Crippen molar-refractivity contribution in [2.45, 2.75) is 11.1 Å². The van der Waals surface area contributed by atoms with Crippen LogP contribution < -0.4 is 10.0 Å². The lowest BCUT2D eigenvalue weighted by Crippen LogP contribution is -2.30. The Hall–Kier alpha value is -2.55. The molecule has 0 aromatic heterocycles. The van der Waals surface area contributed by atoms with E-state index in [-0.39, 0.29) is 11.3 Å². The number of sulfonamides is 1. The second kappa shape index (κ2) is 6.16. The molecule has 128 valence electrons. The highest BCUT2D eigenvalue weighted by Crippen LogP contribution is 2.36. The van der Waals surface area contributed by atoms with Crippen LogP contribution in [0.3, 0.4) is 0 Å². The van der Waals surface area contributed by atoms with Gasteiger partial charge >= 0.3 is 6.18 Å². The third-order valence-corrected chi connectivity index (χ3v) is 5.17. The Morgan fingerprint density at radius 1 is 1.04 bits per heavy atom. The standard InChI is InChI=1S/C15H13F3N2O3S/c1-20(12-8-4-2-6-10(12)14(19)21)24(22,23)13-9-5-3-7-11(13)15(16,17)18/h2-9H,1H3,(H2,19,21). The Kier molecular flexibility index (Phi) is 4.57. The van der Waals surface area contributed by atoms with E-state index in [1.807, 2.05) is 0 Å². The van der Waals surface area contributed by atoms with Crippen molar-refractivity contribution in [3.05, 3.63) is 59.7 Å². The molecule has 1 amide bonds. The van der Waals surface area contributed by atoms with Crippen molar-refractivity contribution in [3.8, 4) is 0 Å². The maximum absolute atomic E-state index is 13.1. The molecule has 0 aliphatic rings. The summed E-state index contributed by atoms with van der Waals surface area (Å²) in [4.78, 5) is 10.5. The summed E-state index contributed by atoms with van der Waals surface area (Å²) in [5.74, 6) is -0.892. The number of benzene rings is 2. The lowest BCUT2D eigenvalue weighted by atomic mass is 10.2. The van der Waals surface area contributed by atoms with Crippen molar-refractivity contribution in [3.63, 3.8) is 0 Å². The Morgan fingerprint density at radius 2 is 1.58 bits per heavy atom. The largest absolute Gasteiger partial charge is 0.417 e. The second-order valence-corrected chi connectivity index (χ2v) is 6.79. The summed E-state index contributed by atoms with van der Waals surface area (Å²) < 4.78 is 65.2. The number of nitrogens with zero attached hydrogens (tertiary/aromatic N) is 1. The molecule has 24 heavy (non-hydrogen) atoms. The van der Waals surface area contributed by atoms with E-state index in [1.54, 1.807) is 0 Å². The fraction of sp³-hybridized carbons (Fsp3) is 0.133. The molecule has 0 bridgehead atoms. The van der Waals surface area contributed by atoms with Crippen LogP contribution >= 0.6 is 0 Å². The van der Waals surface area contributed by atoms with Crippen molar-refractivity contribution in [1.82, 2.24) is 0 Å². The van der Waals surface area contributed by atoms with E-state index in [9.17, 15) is 26.4 Å². The normalized spacial score (nSPS) is 12.0. The first-order chi connectivity index (χ1) is 11.1. The zero-order valence-corrected chi connectivity index (χ0v) is 13.2. The summed E-state index contributed by atoms with van der Waals surface area (Å²) in [6, 6.07) is 9.32. The van der Waals surface area contributed by atoms with Gasteiger partial charge in [0.25, 0.3) is 15.9 Å². The molecule has 2 N–H and O–H groups in total. The number of primary amides is 1. The molecule has 5 nitrogen and oxygen atoms in total. The van der Waals surface area contributed by atoms with Crippen molar-refractivity contribution in [2.24, 2.45) is 5.73 Å². The Bertz CT molecular complexity index is 880. The minimum Gasteiger partial charge on any atom is -0.366 e. The summed E-state index contributed by atoms with van der Waals surface area (Å²) in [5.41, 5.74) is 3.68. The highest BCUT2D eigenvalue weighted by atomic mass is 32.2. The van der Waals surface area contributed by atoms with Crippen molar-refractivity contribution < 1.29 is 26.4 Å². The Morgan fingerprint density at radius 3 is 2.17 bits per heavy atom. The van der Waals surface area contributed by atoms with Crippen LogP contribution in [0.5, 0.6) is 0 Å². The van der Waals surface area contributed by atoms with Crippen molar-refractivity contribution >= 4 is 21.6 Å². The van der Waals surface area contributed by atoms with Gasteiger partial charge < -0.3 is 5.73 Å². The van der Waals surface area contributed by atoms with Crippen LogP contribution in [0.4, 0.5) is 18.9 Å². The molecule has 0 unspecified atom stereocenters. The fourth-order valence-corrected chi connectivity index (χ4v) is 3.58. The number of carbonyl (C=O) groups excluding carboxylic acids is 1. The van der Waals surface area contributed by atoms with E-state index in [0.717, 1.165) is 19.2 Å². The minimum absolute atomic E-state index is 0.109. The minimum atomic E-state index is -4.84. The first kappa shape index (κ1) is 17.8. The second-order valence-electron chi connectivity index (χ2n) is 4.85. The van der Waals surface area contributed by atoms with E-state index in [1.165, 1.54) is 30.3 Å². The summed E-state index contributed by atoms with van der Waals surface area (Å²) >= 11 is 0. The smallest absolute Gasteiger partial charge is 0.366 e. The fourth-order valence-electron chi connectivity index (χ4n) is 2.16. The quantitative estimate of drug-likeness (QED) is 0.912. The number of anilines is 1. The molecule has 0 spiro atoms. The first-order valence-corrected chi connectivity index (χ1v) is 8.05. The van der Waals surface area contributed by atoms with Gasteiger partial charge in [0.05, 0.1) is 21.7 Å². The number of alkyl halides is 3. The van der Waals surface area contributed by atoms with E-state index in [2.05, 4.69) is 0 Å². The van der Waals surface area contributed by atoms with E-state index < -0.39 is 32.6 Å². The molecule has 9 heteroatoms. The molecule has 0 aliphatic heterocycles. The number of halogens is 3. The molecule has 0 heterocycles. The molecule has 2 rings (SSSR count). The van der Waals surface area contributed by atoms with Crippen LogP contribution in [0.25, 0.3) is 0 Å². The van der Waals surface area contributed by atoms with Gasteiger partial charge in [-0.15, -0.1) is 0 Å². The monoisotopic (exact) mass is 358 g/mol. The van der Waals surface area contributed by atoms with Crippen LogP contribution in [-0.2, 0) is 16.2 Å². The lowest BCUT2D eigenvalue weighted by Gasteiger charge is -2.23. The van der Waals surface area contributed by atoms with Gasteiger partial charge in [0, 0.05) is 7.05 Å². The number of para-hydroxylation sites is 1. The molecular formula is C15H13F3N2O3S. The highest BCUT2D eigenvalue weighted by Gasteiger charge is 2.38. The van der Waals surface area contributed by atoms with Crippen molar-refractivity contribution in [2.75, 3.05) is 11.4 Å². The van der Waals surface area contributed by atoms with Crippen LogP contribution in [-0.4, -0.2) is 21.4 Å². The molecule has 0 saturated heterocycles. The number of hydrogen-bond acceptors (Lipinski definition) is 3. The number of rotatable bonds is 4. The maximum atomic E-state index is 13.1. The first-order valence-electron chi connectivity index (χ1n) is 6.61. The Balaban J connectivity index is 2.63. The number of amides is 1. The molecule has 0 saturated carbocycles. The number of hydrogen-bond donors (Lipinski definition) is 1. The molecular weight excluding hydrogens is 345 g/mol. The molecule has 0 fully saturated rings. The van der Waals surface area contributed by atoms with E-state index in [4.69, 9.17) is 5.73 Å². The van der Waals surface area contributed by atoms with Crippen LogP contribution in [0.2, 0.25) is 0 Å². The lowest BCUT2D eigenvalue weighted by molar-refractivity contribution is -0.139. The summed E-state index contributed by atoms with van der Waals surface area (Å²) in [7, 11) is -3.50. The summed E-state index contributed by atoms with van der Waals surface area (Å²) in [5, 5.41) is 0. The highest BCUT2D eigenvalue weighted by molar-refractivity contribution is 7.92. The molecule has 0 atom stereocenters.